The van der Waals surface area contributed by atoms with Gasteiger partial charge in [-0.25, -0.2) is 13.6 Å². The summed E-state index contributed by atoms with van der Waals surface area (Å²) in [6.45, 7) is 2.07. The van der Waals surface area contributed by atoms with E-state index in [0.717, 1.165) is 23.0 Å². The lowest BCUT2D eigenvalue weighted by atomic mass is 10.3. The zero-order valence-electron chi connectivity index (χ0n) is 9.96. The fraction of sp³-hybridized carbons (Fsp3) is 0.364. The largest absolute Gasteiger partial charge is 0.335 e. The van der Waals surface area contributed by atoms with Crippen LogP contribution >= 0.6 is 11.8 Å². The van der Waals surface area contributed by atoms with Crippen LogP contribution in [0.15, 0.2) is 34.2 Å². The normalized spacial score (nSPS) is 20.3. The molecule has 1 aliphatic rings. The van der Waals surface area contributed by atoms with Gasteiger partial charge in [0.1, 0.15) is 0 Å². The van der Waals surface area contributed by atoms with Crippen LogP contribution in [0.25, 0.3) is 0 Å². The first kappa shape index (κ1) is 13.4. The van der Waals surface area contributed by atoms with Gasteiger partial charge in [0.25, 0.3) is 0 Å². The number of hydrogen-bond acceptors (Lipinski definition) is 5. The van der Waals surface area contributed by atoms with E-state index < -0.39 is 10.0 Å². The molecule has 0 spiro atoms. The second-order valence-corrected chi connectivity index (χ2v) is 6.76. The molecular formula is C11H15N3O2S2. The smallest absolute Gasteiger partial charge is 0.238 e. The van der Waals surface area contributed by atoms with E-state index in [0.29, 0.717) is 6.04 Å². The van der Waals surface area contributed by atoms with Crippen LogP contribution in [-0.2, 0) is 10.0 Å². The van der Waals surface area contributed by atoms with Crippen molar-refractivity contribution in [3.05, 3.63) is 24.3 Å². The summed E-state index contributed by atoms with van der Waals surface area (Å²) in [5.74, 6) is 1.04. The molecule has 18 heavy (non-hydrogen) atoms. The van der Waals surface area contributed by atoms with E-state index in [1.807, 2.05) is 0 Å². The Morgan fingerprint density at radius 3 is 2.61 bits per heavy atom. The highest BCUT2D eigenvalue weighted by molar-refractivity contribution is 8.14. The molecule has 2 rings (SSSR count). The molecule has 0 fully saturated rings. The molecule has 0 saturated carbocycles. The molecule has 1 unspecified atom stereocenters. The number of thioether (sulfide) groups is 1. The number of amidine groups is 1. The number of anilines is 1. The number of nitrogens with one attached hydrogen (secondary N) is 1. The van der Waals surface area contributed by atoms with Gasteiger partial charge in [-0.15, -0.1) is 0 Å². The molecule has 7 heteroatoms. The van der Waals surface area contributed by atoms with E-state index >= 15 is 0 Å². The molecular weight excluding hydrogens is 270 g/mol. The molecule has 0 amide bonds. The first-order valence-electron chi connectivity index (χ1n) is 5.55. The highest BCUT2D eigenvalue weighted by Gasteiger charge is 2.12. The molecule has 1 aliphatic heterocycles. The highest BCUT2D eigenvalue weighted by atomic mass is 32.2. The SMILES string of the molecule is CC1CCSC(Nc2ccc(S(N)(=O)=O)cc2)=N1. The standard InChI is InChI=1S/C11H15N3O2S2/c1-8-6-7-17-11(13-8)14-9-2-4-10(5-3-9)18(12,15)16/h2-5,8H,6-7H2,1H3,(H,13,14)(H2,12,15,16). The maximum atomic E-state index is 11.1. The highest BCUT2D eigenvalue weighted by Crippen LogP contribution is 2.20. The van der Waals surface area contributed by atoms with E-state index in [-0.39, 0.29) is 4.90 Å². The predicted molar refractivity (Wildman–Crippen MR) is 75.4 cm³/mol. The maximum absolute atomic E-state index is 11.1. The van der Waals surface area contributed by atoms with Gasteiger partial charge in [-0.3, -0.25) is 4.99 Å². The van der Waals surface area contributed by atoms with Crippen molar-refractivity contribution in [1.29, 1.82) is 0 Å². The Labute approximate surface area is 111 Å². The Morgan fingerprint density at radius 1 is 1.39 bits per heavy atom. The van der Waals surface area contributed by atoms with Crippen molar-refractivity contribution in [3.8, 4) is 0 Å². The Morgan fingerprint density at radius 2 is 2.06 bits per heavy atom. The molecule has 0 bridgehead atoms. The molecule has 3 N–H and O–H groups in total. The van der Waals surface area contributed by atoms with Gasteiger partial charge in [0.05, 0.1) is 10.9 Å². The Hall–Kier alpha value is -1.05. The first-order valence-corrected chi connectivity index (χ1v) is 8.09. The Bertz CT molecular complexity index is 552. The van der Waals surface area contributed by atoms with E-state index in [4.69, 9.17) is 5.14 Å². The third-order valence-electron chi connectivity index (χ3n) is 2.55. The third-order valence-corrected chi connectivity index (χ3v) is 4.40. The zero-order chi connectivity index (χ0) is 13.2. The van der Waals surface area contributed by atoms with Crippen LogP contribution in [-0.4, -0.2) is 25.4 Å². The molecule has 1 aromatic rings. The minimum Gasteiger partial charge on any atom is -0.335 e. The fourth-order valence-corrected chi connectivity index (χ4v) is 3.16. The summed E-state index contributed by atoms with van der Waals surface area (Å²) in [5, 5.41) is 9.07. The van der Waals surface area contributed by atoms with Gasteiger partial charge in [0.15, 0.2) is 5.17 Å². The predicted octanol–water partition coefficient (Wildman–Crippen LogP) is 1.63. The van der Waals surface area contributed by atoms with E-state index in [9.17, 15) is 8.42 Å². The van der Waals surface area contributed by atoms with Crippen LogP contribution in [0.4, 0.5) is 5.69 Å². The van der Waals surface area contributed by atoms with Crippen LogP contribution in [0.3, 0.4) is 0 Å². The summed E-state index contributed by atoms with van der Waals surface area (Å²) in [5.41, 5.74) is 0.808. The van der Waals surface area contributed by atoms with Gasteiger partial charge in [-0.2, -0.15) is 0 Å². The second kappa shape index (κ2) is 5.29. The van der Waals surface area contributed by atoms with Crippen molar-refractivity contribution in [3.63, 3.8) is 0 Å². The number of rotatable bonds is 2. The van der Waals surface area contributed by atoms with E-state index in [1.54, 1.807) is 23.9 Å². The third kappa shape index (κ3) is 3.47. The quantitative estimate of drug-likeness (QED) is 0.865. The van der Waals surface area contributed by atoms with Crippen molar-refractivity contribution < 1.29 is 8.42 Å². The summed E-state index contributed by atoms with van der Waals surface area (Å²) in [6.07, 6.45) is 1.08. The van der Waals surface area contributed by atoms with Crippen molar-refractivity contribution in [2.75, 3.05) is 11.1 Å². The molecule has 1 aromatic carbocycles. The molecule has 1 atom stereocenters. The molecule has 1 heterocycles. The van der Waals surface area contributed by atoms with E-state index in [1.165, 1.54) is 12.1 Å². The zero-order valence-corrected chi connectivity index (χ0v) is 11.6. The number of hydrogen-bond donors (Lipinski definition) is 2. The van der Waals surface area contributed by atoms with Crippen LogP contribution in [0.5, 0.6) is 0 Å². The van der Waals surface area contributed by atoms with Gasteiger partial charge < -0.3 is 5.32 Å². The fourth-order valence-electron chi connectivity index (χ4n) is 1.55. The number of sulfonamides is 1. The summed E-state index contributed by atoms with van der Waals surface area (Å²) in [6, 6.07) is 6.66. The van der Waals surface area contributed by atoms with E-state index in [2.05, 4.69) is 17.2 Å². The monoisotopic (exact) mass is 285 g/mol. The Kier molecular flexibility index (Phi) is 3.94. The van der Waals surface area contributed by atoms with Crippen molar-refractivity contribution in [2.24, 2.45) is 10.1 Å². The number of nitrogens with zero attached hydrogens (tertiary/aromatic N) is 1. The average molecular weight is 285 g/mol. The number of aliphatic imine (C=N–C) groups is 1. The van der Waals surface area contributed by atoms with Crippen LogP contribution in [0.1, 0.15) is 13.3 Å². The molecule has 0 aromatic heterocycles. The van der Waals surface area contributed by atoms with Gasteiger partial charge >= 0.3 is 0 Å². The van der Waals surface area contributed by atoms with Gasteiger partial charge in [-0.1, -0.05) is 11.8 Å². The number of benzene rings is 1. The summed E-state index contributed by atoms with van der Waals surface area (Å²) in [7, 11) is -3.62. The number of primary sulfonamides is 1. The topological polar surface area (TPSA) is 84.5 Å². The Balaban J connectivity index is 2.11. The first-order chi connectivity index (χ1) is 8.45. The molecule has 5 nitrogen and oxygen atoms in total. The summed E-state index contributed by atoms with van der Waals surface area (Å²) in [4.78, 5) is 4.59. The lowest BCUT2D eigenvalue weighted by molar-refractivity contribution is 0.598. The van der Waals surface area contributed by atoms with Gasteiger partial charge in [0.2, 0.25) is 10.0 Å². The minimum atomic E-state index is -3.62. The van der Waals surface area contributed by atoms with Crippen molar-refractivity contribution in [1.82, 2.24) is 0 Å². The maximum Gasteiger partial charge on any atom is 0.238 e. The molecule has 0 aliphatic carbocycles. The van der Waals surface area contributed by atoms with Crippen LogP contribution < -0.4 is 10.5 Å². The van der Waals surface area contributed by atoms with Gasteiger partial charge in [0, 0.05) is 11.4 Å². The summed E-state index contributed by atoms with van der Waals surface area (Å²) < 4.78 is 22.2. The average Bonchev–Trinajstić information content (AvgIpc) is 2.28. The number of nitrogens with two attached hydrogens (primary N) is 1. The van der Waals surface area contributed by atoms with Crippen molar-refractivity contribution in [2.45, 2.75) is 24.3 Å². The van der Waals surface area contributed by atoms with Gasteiger partial charge in [-0.05, 0) is 37.6 Å². The second-order valence-electron chi connectivity index (χ2n) is 4.11. The molecule has 0 radical (unpaired) electrons. The summed E-state index contributed by atoms with van der Waals surface area (Å²) >= 11 is 1.67. The molecule has 0 saturated heterocycles. The van der Waals surface area contributed by atoms with Crippen molar-refractivity contribution >= 4 is 32.6 Å². The lowest BCUT2D eigenvalue weighted by Crippen LogP contribution is -2.18. The van der Waals surface area contributed by atoms with Crippen LogP contribution in [0, 0.1) is 0 Å². The molecule has 98 valence electrons. The lowest BCUT2D eigenvalue weighted by Gasteiger charge is -2.17. The van der Waals surface area contributed by atoms with Crippen LogP contribution in [0.2, 0.25) is 0 Å². The minimum absolute atomic E-state index is 0.111.